The van der Waals surface area contributed by atoms with Crippen molar-refractivity contribution < 1.29 is 9.13 Å². The molecule has 0 heterocycles. The number of nitrogens with one attached hydrogen (secondary N) is 1. The fraction of sp³-hybridized carbons (Fsp3) is 0.455. The number of methoxy groups -OCH3 is 1. The molecule has 0 bridgehead atoms. The van der Waals surface area contributed by atoms with E-state index in [1.54, 1.807) is 19.2 Å². The largest absolute Gasteiger partial charge is 0.399 e. The van der Waals surface area contributed by atoms with Crippen molar-refractivity contribution in [2.75, 3.05) is 24.7 Å². The number of rotatable bonds is 4. The van der Waals surface area contributed by atoms with Gasteiger partial charge in [-0.15, -0.1) is 0 Å². The maximum Gasteiger partial charge on any atom is 0.148 e. The maximum atomic E-state index is 13.3. The zero-order valence-electron chi connectivity index (χ0n) is 9.30. The summed E-state index contributed by atoms with van der Waals surface area (Å²) >= 11 is 0. The molecule has 0 aliphatic rings. The van der Waals surface area contributed by atoms with Crippen molar-refractivity contribution in [1.82, 2.24) is 0 Å². The monoisotopic (exact) mass is 212 g/mol. The lowest BCUT2D eigenvalue weighted by molar-refractivity contribution is 0.0343. The molecule has 0 aliphatic carbocycles. The van der Waals surface area contributed by atoms with E-state index >= 15 is 0 Å². The summed E-state index contributed by atoms with van der Waals surface area (Å²) in [4.78, 5) is 0. The second-order valence-corrected chi connectivity index (χ2v) is 4.06. The van der Waals surface area contributed by atoms with Crippen molar-refractivity contribution in [2.24, 2.45) is 0 Å². The predicted molar refractivity (Wildman–Crippen MR) is 60.4 cm³/mol. The normalized spacial score (nSPS) is 11.5. The topological polar surface area (TPSA) is 47.3 Å². The number of hydrogen-bond donors (Lipinski definition) is 2. The highest BCUT2D eigenvalue weighted by atomic mass is 19.1. The Morgan fingerprint density at radius 1 is 1.47 bits per heavy atom. The van der Waals surface area contributed by atoms with Gasteiger partial charge in [-0.25, -0.2) is 4.39 Å². The minimum atomic E-state index is -0.345. The molecule has 0 spiro atoms. The second-order valence-electron chi connectivity index (χ2n) is 4.06. The first-order chi connectivity index (χ1) is 6.94. The summed E-state index contributed by atoms with van der Waals surface area (Å²) in [7, 11) is 1.63. The average molecular weight is 212 g/mol. The summed E-state index contributed by atoms with van der Waals surface area (Å²) in [5, 5.41) is 2.98. The number of ether oxygens (including phenoxy) is 1. The van der Waals surface area contributed by atoms with Gasteiger partial charge in [0.15, 0.2) is 0 Å². The molecular formula is C11H17FN2O. The Hall–Kier alpha value is -1.29. The Kier molecular flexibility index (Phi) is 3.52. The summed E-state index contributed by atoms with van der Waals surface area (Å²) in [5.41, 5.74) is 5.98. The summed E-state index contributed by atoms with van der Waals surface area (Å²) in [6, 6.07) is 4.57. The van der Waals surface area contributed by atoms with Crippen molar-refractivity contribution in [1.29, 1.82) is 0 Å². The molecule has 3 nitrogen and oxygen atoms in total. The van der Waals surface area contributed by atoms with Crippen LogP contribution in [-0.2, 0) is 4.74 Å². The van der Waals surface area contributed by atoms with Crippen LogP contribution < -0.4 is 11.1 Å². The van der Waals surface area contributed by atoms with Crippen molar-refractivity contribution in [3.8, 4) is 0 Å². The molecule has 0 saturated heterocycles. The van der Waals surface area contributed by atoms with Gasteiger partial charge in [-0.1, -0.05) is 0 Å². The molecular weight excluding hydrogens is 195 g/mol. The van der Waals surface area contributed by atoms with Gasteiger partial charge in [-0.2, -0.15) is 0 Å². The predicted octanol–water partition coefficient (Wildman–Crippen LogP) is 2.24. The Balaban J connectivity index is 2.66. The van der Waals surface area contributed by atoms with Crippen LogP contribution in [0.5, 0.6) is 0 Å². The molecule has 0 fully saturated rings. The van der Waals surface area contributed by atoms with E-state index < -0.39 is 0 Å². The molecule has 0 saturated carbocycles. The number of nitrogen functional groups attached to an aromatic ring is 1. The molecule has 0 radical (unpaired) electrons. The molecule has 0 unspecified atom stereocenters. The van der Waals surface area contributed by atoms with Crippen molar-refractivity contribution >= 4 is 11.4 Å². The Labute approximate surface area is 89.4 Å². The van der Waals surface area contributed by atoms with Crippen molar-refractivity contribution in [2.45, 2.75) is 19.4 Å². The summed E-state index contributed by atoms with van der Waals surface area (Å²) < 4.78 is 18.6. The third kappa shape index (κ3) is 3.40. The maximum absolute atomic E-state index is 13.3. The van der Waals surface area contributed by atoms with Crippen LogP contribution in [0.3, 0.4) is 0 Å². The van der Waals surface area contributed by atoms with Crippen molar-refractivity contribution in [3.63, 3.8) is 0 Å². The van der Waals surface area contributed by atoms with Crippen LogP contribution in [-0.4, -0.2) is 19.3 Å². The zero-order valence-corrected chi connectivity index (χ0v) is 9.30. The molecule has 1 rings (SSSR count). The number of halogens is 1. The van der Waals surface area contributed by atoms with Gasteiger partial charge in [0.1, 0.15) is 5.82 Å². The first-order valence-electron chi connectivity index (χ1n) is 4.79. The van der Waals surface area contributed by atoms with Gasteiger partial charge in [0.25, 0.3) is 0 Å². The third-order valence-electron chi connectivity index (χ3n) is 2.25. The Morgan fingerprint density at radius 2 is 2.13 bits per heavy atom. The average Bonchev–Trinajstić information content (AvgIpc) is 2.16. The molecule has 4 heteroatoms. The van der Waals surface area contributed by atoms with Crippen LogP contribution >= 0.6 is 0 Å². The minimum Gasteiger partial charge on any atom is -0.399 e. The fourth-order valence-corrected chi connectivity index (χ4v) is 1.05. The van der Waals surface area contributed by atoms with E-state index in [2.05, 4.69) is 5.32 Å². The number of hydrogen-bond acceptors (Lipinski definition) is 3. The summed E-state index contributed by atoms with van der Waals surface area (Å²) in [6.45, 7) is 4.38. The van der Waals surface area contributed by atoms with Crippen LogP contribution in [0, 0.1) is 5.82 Å². The third-order valence-corrected chi connectivity index (χ3v) is 2.25. The first-order valence-corrected chi connectivity index (χ1v) is 4.79. The highest BCUT2D eigenvalue weighted by molar-refractivity contribution is 5.52. The molecule has 1 aromatic carbocycles. The lowest BCUT2D eigenvalue weighted by atomic mass is 10.1. The van der Waals surface area contributed by atoms with Gasteiger partial charge in [-0.3, -0.25) is 0 Å². The van der Waals surface area contributed by atoms with Crippen LogP contribution in [0.1, 0.15) is 13.8 Å². The first kappa shape index (κ1) is 11.8. The molecule has 15 heavy (non-hydrogen) atoms. The van der Waals surface area contributed by atoms with Gasteiger partial charge in [0.05, 0.1) is 11.3 Å². The quantitative estimate of drug-likeness (QED) is 0.752. The van der Waals surface area contributed by atoms with Crippen LogP contribution in [0.4, 0.5) is 15.8 Å². The van der Waals surface area contributed by atoms with Crippen LogP contribution in [0.15, 0.2) is 18.2 Å². The number of anilines is 2. The van der Waals surface area contributed by atoms with E-state index in [1.165, 1.54) is 6.07 Å². The summed E-state index contributed by atoms with van der Waals surface area (Å²) in [5.74, 6) is -0.345. The Bertz CT molecular complexity index is 339. The Morgan fingerprint density at radius 3 is 2.67 bits per heavy atom. The van der Waals surface area contributed by atoms with E-state index in [4.69, 9.17) is 10.5 Å². The highest BCUT2D eigenvalue weighted by Gasteiger charge is 2.16. The van der Waals surface area contributed by atoms with Gasteiger partial charge in [-0.05, 0) is 32.0 Å². The fourth-order valence-electron chi connectivity index (χ4n) is 1.05. The second kappa shape index (κ2) is 4.49. The standard InChI is InChI=1S/C11H17FN2O/c1-11(2,15-3)7-14-10-5-4-8(13)6-9(10)12/h4-6,14H,7,13H2,1-3H3. The van der Waals surface area contributed by atoms with E-state index in [1.807, 2.05) is 13.8 Å². The van der Waals surface area contributed by atoms with Gasteiger partial charge in [0.2, 0.25) is 0 Å². The highest BCUT2D eigenvalue weighted by Crippen LogP contribution is 2.18. The molecule has 0 aliphatic heterocycles. The smallest absolute Gasteiger partial charge is 0.148 e. The summed E-state index contributed by atoms with van der Waals surface area (Å²) in [6.07, 6.45) is 0. The van der Waals surface area contributed by atoms with E-state index in [-0.39, 0.29) is 11.4 Å². The lowest BCUT2D eigenvalue weighted by Crippen LogP contribution is -2.32. The van der Waals surface area contributed by atoms with Gasteiger partial charge in [0, 0.05) is 19.3 Å². The molecule has 0 amide bonds. The van der Waals surface area contributed by atoms with Crippen LogP contribution in [0.2, 0.25) is 0 Å². The van der Waals surface area contributed by atoms with Gasteiger partial charge >= 0.3 is 0 Å². The molecule has 1 aromatic rings. The minimum absolute atomic E-state index is 0.326. The van der Waals surface area contributed by atoms with Crippen LogP contribution in [0.25, 0.3) is 0 Å². The number of benzene rings is 1. The lowest BCUT2D eigenvalue weighted by Gasteiger charge is -2.23. The number of nitrogens with two attached hydrogens (primary N) is 1. The molecule has 0 atom stereocenters. The molecule has 3 N–H and O–H groups in total. The van der Waals surface area contributed by atoms with Gasteiger partial charge < -0.3 is 15.8 Å². The molecule has 0 aromatic heterocycles. The molecule has 84 valence electrons. The zero-order chi connectivity index (χ0) is 11.5. The van der Waals surface area contributed by atoms with E-state index in [0.29, 0.717) is 17.9 Å². The van der Waals surface area contributed by atoms with E-state index in [0.717, 1.165) is 0 Å². The van der Waals surface area contributed by atoms with E-state index in [9.17, 15) is 4.39 Å². The SMILES string of the molecule is COC(C)(C)CNc1ccc(N)cc1F. The van der Waals surface area contributed by atoms with Crippen molar-refractivity contribution in [3.05, 3.63) is 24.0 Å².